The van der Waals surface area contributed by atoms with Crippen molar-refractivity contribution in [2.75, 3.05) is 26.3 Å². The van der Waals surface area contributed by atoms with Crippen molar-refractivity contribution in [3.8, 4) is 0 Å². The summed E-state index contributed by atoms with van der Waals surface area (Å²) in [6.45, 7) is 1.63. The summed E-state index contributed by atoms with van der Waals surface area (Å²) in [5.41, 5.74) is 0.156. The van der Waals surface area contributed by atoms with Gasteiger partial charge >= 0.3 is 12.1 Å². The van der Waals surface area contributed by atoms with Gasteiger partial charge in [-0.1, -0.05) is 42.5 Å². The van der Waals surface area contributed by atoms with E-state index in [0.29, 0.717) is 37.4 Å². The van der Waals surface area contributed by atoms with Crippen molar-refractivity contribution in [3.63, 3.8) is 0 Å². The number of ether oxygens (including phenoxy) is 2. The Kier molecular flexibility index (Phi) is 6.89. The maximum absolute atomic E-state index is 12.9. The predicted octanol–water partition coefficient (Wildman–Crippen LogP) is 3.86. The predicted molar refractivity (Wildman–Crippen MR) is 103 cm³/mol. The fraction of sp³-hybridized carbons (Fsp3) is 0.273. The molecule has 1 aliphatic rings. The lowest BCUT2D eigenvalue weighted by Crippen LogP contribution is -2.44. The molecule has 30 heavy (non-hydrogen) atoms. The molecule has 2 aromatic rings. The average molecular weight is 419 g/mol. The van der Waals surface area contributed by atoms with Crippen molar-refractivity contribution >= 4 is 18.0 Å². The Labute approximate surface area is 171 Å². The lowest BCUT2D eigenvalue weighted by Gasteiger charge is -2.30. The third kappa shape index (κ3) is 5.70. The summed E-state index contributed by atoms with van der Waals surface area (Å²) in [5, 5.41) is 0. The number of rotatable bonds is 5. The van der Waals surface area contributed by atoms with Crippen LogP contribution >= 0.6 is 0 Å². The van der Waals surface area contributed by atoms with Crippen LogP contribution in [0.25, 0.3) is 6.08 Å². The van der Waals surface area contributed by atoms with E-state index in [9.17, 15) is 22.8 Å². The van der Waals surface area contributed by atoms with Crippen molar-refractivity contribution in [1.82, 2.24) is 4.90 Å². The lowest BCUT2D eigenvalue weighted by atomic mass is 10.1. The van der Waals surface area contributed by atoms with E-state index in [-0.39, 0.29) is 5.91 Å². The van der Waals surface area contributed by atoms with E-state index in [2.05, 4.69) is 0 Å². The number of carbonyl (C=O) groups is 2. The van der Waals surface area contributed by atoms with Crippen molar-refractivity contribution in [2.45, 2.75) is 12.3 Å². The first kappa shape index (κ1) is 21.6. The first-order valence-electron chi connectivity index (χ1n) is 9.32. The molecule has 0 saturated carbocycles. The zero-order valence-electron chi connectivity index (χ0n) is 16.0. The number of alkyl halides is 3. The van der Waals surface area contributed by atoms with Gasteiger partial charge in [-0.3, -0.25) is 4.79 Å². The maximum Gasteiger partial charge on any atom is 0.416 e. The minimum Gasteiger partial charge on any atom is -0.444 e. The van der Waals surface area contributed by atoms with Crippen LogP contribution in [0.1, 0.15) is 22.8 Å². The number of halogens is 3. The number of nitrogens with zero attached hydrogens (tertiary/aromatic N) is 1. The second-order valence-electron chi connectivity index (χ2n) is 6.62. The van der Waals surface area contributed by atoms with Crippen molar-refractivity contribution in [1.29, 1.82) is 0 Å². The molecule has 5 nitrogen and oxygen atoms in total. The van der Waals surface area contributed by atoms with Gasteiger partial charge in [0.2, 0.25) is 6.10 Å². The molecule has 8 heteroatoms. The van der Waals surface area contributed by atoms with E-state index in [1.165, 1.54) is 18.2 Å². The van der Waals surface area contributed by atoms with E-state index in [0.717, 1.165) is 18.2 Å². The van der Waals surface area contributed by atoms with Gasteiger partial charge in [-0.05, 0) is 23.8 Å². The van der Waals surface area contributed by atoms with E-state index < -0.39 is 23.8 Å². The Morgan fingerprint density at radius 1 is 1.00 bits per heavy atom. The standard InChI is InChI=1S/C22H20F3NO4/c23-22(24,25)18-9-6-16(7-10-18)8-11-19(27)30-20(17-4-2-1-3-5-17)21(28)26-12-14-29-15-13-26/h1-11,20H,12-15H2/b11-8+/t20-/m0/s1. The van der Waals surface area contributed by atoms with E-state index in [1.807, 2.05) is 0 Å². The second kappa shape index (κ2) is 9.58. The molecule has 158 valence electrons. The Hall–Kier alpha value is -3.13. The summed E-state index contributed by atoms with van der Waals surface area (Å²) in [5.74, 6) is -1.12. The third-order valence-corrected chi connectivity index (χ3v) is 4.53. The Balaban J connectivity index is 1.71. The average Bonchev–Trinajstić information content (AvgIpc) is 2.76. The summed E-state index contributed by atoms with van der Waals surface area (Å²) in [4.78, 5) is 26.8. The van der Waals surface area contributed by atoms with Crippen LogP contribution in [0.3, 0.4) is 0 Å². The highest BCUT2D eigenvalue weighted by atomic mass is 19.4. The number of carbonyl (C=O) groups excluding carboxylic acids is 2. The molecule has 0 spiro atoms. The molecule has 0 aliphatic carbocycles. The lowest BCUT2D eigenvalue weighted by molar-refractivity contribution is -0.159. The van der Waals surface area contributed by atoms with Gasteiger partial charge in [0.1, 0.15) is 0 Å². The number of hydrogen-bond acceptors (Lipinski definition) is 4. The fourth-order valence-electron chi connectivity index (χ4n) is 2.94. The molecule has 1 atom stereocenters. The van der Waals surface area contributed by atoms with Crippen LogP contribution in [0.5, 0.6) is 0 Å². The molecule has 0 N–H and O–H groups in total. The Morgan fingerprint density at radius 3 is 2.23 bits per heavy atom. The molecule has 1 heterocycles. The molecule has 1 saturated heterocycles. The van der Waals surface area contributed by atoms with Crippen LogP contribution in [0.4, 0.5) is 13.2 Å². The van der Waals surface area contributed by atoms with Gasteiger partial charge in [-0.25, -0.2) is 4.79 Å². The van der Waals surface area contributed by atoms with Crippen LogP contribution in [0.2, 0.25) is 0 Å². The Morgan fingerprint density at radius 2 is 1.63 bits per heavy atom. The van der Waals surface area contributed by atoms with Gasteiger partial charge in [-0.15, -0.1) is 0 Å². The maximum atomic E-state index is 12.9. The molecule has 0 unspecified atom stereocenters. The van der Waals surface area contributed by atoms with Crippen molar-refractivity contribution in [3.05, 3.63) is 77.4 Å². The summed E-state index contributed by atoms with van der Waals surface area (Å²) in [7, 11) is 0. The van der Waals surface area contributed by atoms with Crippen LogP contribution in [0.15, 0.2) is 60.7 Å². The van der Waals surface area contributed by atoms with Crippen LogP contribution < -0.4 is 0 Å². The van der Waals surface area contributed by atoms with Gasteiger partial charge < -0.3 is 14.4 Å². The van der Waals surface area contributed by atoms with Gasteiger partial charge in [0.05, 0.1) is 18.8 Å². The number of benzene rings is 2. The van der Waals surface area contributed by atoms with Crippen LogP contribution in [-0.4, -0.2) is 43.1 Å². The first-order valence-corrected chi connectivity index (χ1v) is 9.32. The highest BCUT2D eigenvalue weighted by Gasteiger charge is 2.31. The molecular weight excluding hydrogens is 399 g/mol. The van der Waals surface area contributed by atoms with Gasteiger partial charge in [0.25, 0.3) is 5.91 Å². The number of morpholine rings is 1. The van der Waals surface area contributed by atoms with Crippen molar-refractivity contribution in [2.24, 2.45) is 0 Å². The number of amides is 1. The topological polar surface area (TPSA) is 55.8 Å². The summed E-state index contributed by atoms with van der Waals surface area (Å²) in [6.07, 6.45) is -3.12. The third-order valence-electron chi connectivity index (χ3n) is 4.53. The van der Waals surface area contributed by atoms with E-state index in [1.54, 1.807) is 35.2 Å². The summed E-state index contributed by atoms with van der Waals surface area (Å²) >= 11 is 0. The zero-order valence-corrected chi connectivity index (χ0v) is 16.0. The quantitative estimate of drug-likeness (QED) is 0.546. The highest BCUT2D eigenvalue weighted by Crippen LogP contribution is 2.29. The molecule has 2 aromatic carbocycles. The van der Waals surface area contributed by atoms with Gasteiger partial charge in [0, 0.05) is 24.7 Å². The largest absolute Gasteiger partial charge is 0.444 e. The van der Waals surface area contributed by atoms with E-state index in [4.69, 9.17) is 9.47 Å². The monoisotopic (exact) mass is 419 g/mol. The second-order valence-corrected chi connectivity index (χ2v) is 6.62. The van der Waals surface area contributed by atoms with Crippen LogP contribution in [-0.2, 0) is 25.2 Å². The van der Waals surface area contributed by atoms with E-state index >= 15 is 0 Å². The summed E-state index contributed by atoms with van der Waals surface area (Å²) in [6, 6.07) is 13.0. The van der Waals surface area contributed by atoms with Gasteiger partial charge in [-0.2, -0.15) is 13.2 Å². The van der Waals surface area contributed by atoms with Gasteiger partial charge in [0.15, 0.2) is 0 Å². The van der Waals surface area contributed by atoms with Crippen LogP contribution in [0, 0.1) is 0 Å². The molecule has 0 aromatic heterocycles. The molecular formula is C22H20F3NO4. The normalized spacial score (nSPS) is 15.8. The minimum absolute atomic E-state index is 0.346. The molecule has 0 bridgehead atoms. The molecule has 3 rings (SSSR count). The molecule has 1 amide bonds. The fourth-order valence-corrected chi connectivity index (χ4v) is 2.94. The van der Waals surface area contributed by atoms with Crippen molar-refractivity contribution < 1.29 is 32.2 Å². The first-order chi connectivity index (χ1) is 14.3. The minimum atomic E-state index is -4.43. The molecule has 0 radical (unpaired) electrons. The number of esters is 1. The number of hydrogen-bond donors (Lipinski definition) is 0. The zero-order chi connectivity index (χ0) is 21.6. The molecule has 1 aliphatic heterocycles. The molecule has 1 fully saturated rings. The summed E-state index contributed by atoms with van der Waals surface area (Å²) < 4.78 is 48.6. The SMILES string of the molecule is O=C(/C=C/c1ccc(C(F)(F)F)cc1)O[C@H](C(=O)N1CCOCC1)c1ccccc1. The Bertz CT molecular complexity index is 889. The highest BCUT2D eigenvalue weighted by molar-refractivity contribution is 5.91. The smallest absolute Gasteiger partial charge is 0.416 e.